The Balaban J connectivity index is 1.33. The first kappa shape index (κ1) is 23.0. The van der Waals surface area contributed by atoms with Gasteiger partial charge in [-0.25, -0.2) is 0 Å². The van der Waals surface area contributed by atoms with Gasteiger partial charge in [0.25, 0.3) is 0 Å². The average molecular weight is 509 g/mol. The standard InChI is InChI=1S/C24H31BrClN3O2/c25-20-3-6-23(31-16-18-1-4-21(26)5-2-18)19(13-20)14-28-11-8-24(30,9-12-28)17-29-10-7-22(27)15-29/h1-6,13,22,30H,7-12,14-17,27H2. The molecule has 2 heterocycles. The molecule has 31 heavy (non-hydrogen) atoms. The van der Waals surface area contributed by atoms with Crippen molar-refractivity contribution in [2.45, 2.75) is 44.1 Å². The molecule has 7 heteroatoms. The van der Waals surface area contributed by atoms with Crippen molar-refractivity contribution in [1.29, 1.82) is 0 Å². The van der Waals surface area contributed by atoms with Gasteiger partial charge in [-0.3, -0.25) is 9.80 Å². The number of nitrogens with zero attached hydrogens (tertiary/aromatic N) is 2. The van der Waals surface area contributed by atoms with Crippen LogP contribution >= 0.6 is 27.5 Å². The Bertz CT molecular complexity index is 872. The highest BCUT2D eigenvalue weighted by Crippen LogP contribution is 2.29. The summed E-state index contributed by atoms with van der Waals surface area (Å²) in [6.07, 6.45) is 2.60. The number of rotatable bonds is 7. The van der Waals surface area contributed by atoms with Crippen molar-refractivity contribution in [1.82, 2.24) is 9.80 Å². The number of likely N-dealkylation sites (tertiary alicyclic amines) is 2. The van der Waals surface area contributed by atoms with Crippen LogP contribution in [0.25, 0.3) is 0 Å². The number of nitrogens with two attached hydrogens (primary N) is 1. The maximum atomic E-state index is 11.1. The summed E-state index contributed by atoms with van der Waals surface area (Å²) in [6.45, 7) is 5.70. The van der Waals surface area contributed by atoms with Crippen LogP contribution in [0.3, 0.4) is 0 Å². The first-order valence-electron chi connectivity index (χ1n) is 11.0. The highest BCUT2D eigenvalue weighted by Gasteiger charge is 2.35. The summed E-state index contributed by atoms with van der Waals surface area (Å²) >= 11 is 9.57. The molecule has 2 aliphatic heterocycles. The predicted octanol–water partition coefficient (Wildman–Crippen LogP) is 4.04. The normalized spacial score (nSPS) is 22.0. The van der Waals surface area contributed by atoms with Gasteiger partial charge < -0.3 is 15.6 Å². The van der Waals surface area contributed by atoms with Crippen LogP contribution in [0.2, 0.25) is 5.02 Å². The first-order chi connectivity index (χ1) is 14.9. The molecule has 2 aromatic carbocycles. The fraction of sp³-hybridized carbons (Fsp3) is 0.500. The third kappa shape index (κ3) is 6.44. The quantitative estimate of drug-likeness (QED) is 0.591. The largest absolute Gasteiger partial charge is 0.489 e. The monoisotopic (exact) mass is 507 g/mol. The highest BCUT2D eigenvalue weighted by atomic mass is 79.9. The Labute approximate surface area is 198 Å². The molecule has 0 amide bonds. The van der Waals surface area contributed by atoms with Crippen LogP contribution in [0.15, 0.2) is 46.9 Å². The van der Waals surface area contributed by atoms with E-state index in [1.165, 1.54) is 0 Å². The number of benzene rings is 2. The second kappa shape index (κ2) is 10.2. The Morgan fingerprint density at radius 3 is 2.52 bits per heavy atom. The van der Waals surface area contributed by atoms with Crippen LogP contribution in [0.4, 0.5) is 0 Å². The van der Waals surface area contributed by atoms with Gasteiger partial charge in [0.15, 0.2) is 0 Å². The number of halogens is 2. The van der Waals surface area contributed by atoms with E-state index in [1.54, 1.807) is 0 Å². The minimum Gasteiger partial charge on any atom is -0.489 e. The van der Waals surface area contributed by atoms with Crippen molar-refractivity contribution in [3.63, 3.8) is 0 Å². The van der Waals surface area contributed by atoms with Crippen molar-refractivity contribution < 1.29 is 9.84 Å². The van der Waals surface area contributed by atoms with Gasteiger partial charge in [0, 0.05) is 53.8 Å². The number of β-amino-alcohol motifs (C(OH)–C–C–N with tert-alkyl or cyclic N) is 1. The summed E-state index contributed by atoms with van der Waals surface area (Å²) in [4.78, 5) is 4.72. The third-order valence-corrected chi connectivity index (χ3v) is 7.08. The van der Waals surface area contributed by atoms with Crippen LogP contribution in [-0.4, -0.2) is 59.3 Å². The lowest BCUT2D eigenvalue weighted by molar-refractivity contribution is -0.0432. The molecular weight excluding hydrogens is 478 g/mol. The topological polar surface area (TPSA) is 62.0 Å². The lowest BCUT2D eigenvalue weighted by atomic mass is 9.90. The van der Waals surface area contributed by atoms with Crippen molar-refractivity contribution >= 4 is 27.5 Å². The van der Waals surface area contributed by atoms with Gasteiger partial charge in [-0.15, -0.1) is 0 Å². The van der Waals surface area contributed by atoms with Crippen molar-refractivity contribution in [2.24, 2.45) is 5.73 Å². The predicted molar refractivity (Wildman–Crippen MR) is 128 cm³/mol. The minimum atomic E-state index is -0.605. The molecule has 0 aromatic heterocycles. The van der Waals surface area contributed by atoms with E-state index in [0.717, 1.165) is 84.9 Å². The number of aliphatic hydroxyl groups is 1. The van der Waals surface area contributed by atoms with E-state index in [4.69, 9.17) is 22.1 Å². The van der Waals surface area contributed by atoms with E-state index in [9.17, 15) is 5.11 Å². The molecule has 0 saturated carbocycles. The number of hydrogen-bond acceptors (Lipinski definition) is 5. The lowest BCUT2D eigenvalue weighted by Crippen LogP contribution is -2.50. The zero-order valence-corrected chi connectivity index (χ0v) is 20.1. The minimum absolute atomic E-state index is 0.256. The molecule has 2 saturated heterocycles. The number of piperidine rings is 1. The number of ether oxygens (including phenoxy) is 1. The summed E-state index contributed by atoms with van der Waals surface area (Å²) < 4.78 is 7.18. The van der Waals surface area contributed by atoms with E-state index in [2.05, 4.69) is 31.8 Å². The van der Waals surface area contributed by atoms with Gasteiger partial charge >= 0.3 is 0 Å². The summed E-state index contributed by atoms with van der Waals surface area (Å²) in [5.41, 5.74) is 7.66. The maximum absolute atomic E-state index is 11.1. The fourth-order valence-corrected chi connectivity index (χ4v) is 5.04. The summed E-state index contributed by atoms with van der Waals surface area (Å²) in [5.74, 6) is 0.894. The zero-order chi connectivity index (χ0) is 21.8. The molecule has 4 rings (SSSR count). The average Bonchev–Trinajstić information content (AvgIpc) is 3.14. The van der Waals surface area contributed by atoms with Crippen molar-refractivity contribution in [3.8, 4) is 5.75 Å². The van der Waals surface area contributed by atoms with E-state index in [-0.39, 0.29) is 6.04 Å². The summed E-state index contributed by atoms with van der Waals surface area (Å²) in [7, 11) is 0. The van der Waals surface area contributed by atoms with Crippen LogP contribution in [0, 0.1) is 0 Å². The van der Waals surface area contributed by atoms with Gasteiger partial charge in [0.2, 0.25) is 0 Å². The highest BCUT2D eigenvalue weighted by molar-refractivity contribution is 9.10. The second-order valence-corrected chi connectivity index (χ2v) is 10.3. The van der Waals surface area contributed by atoms with E-state index >= 15 is 0 Å². The molecule has 2 aromatic rings. The molecule has 5 nitrogen and oxygen atoms in total. The van der Waals surface area contributed by atoms with Crippen LogP contribution in [0.5, 0.6) is 5.75 Å². The SMILES string of the molecule is NC1CCN(CC2(O)CCN(Cc3cc(Br)ccc3OCc3ccc(Cl)cc3)CC2)C1. The van der Waals surface area contributed by atoms with E-state index < -0.39 is 5.60 Å². The van der Waals surface area contributed by atoms with Gasteiger partial charge in [-0.2, -0.15) is 0 Å². The molecule has 0 radical (unpaired) electrons. The second-order valence-electron chi connectivity index (χ2n) is 8.95. The van der Waals surface area contributed by atoms with Gasteiger partial charge in [-0.1, -0.05) is 39.7 Å². The Morgan fingerprint density at radius 2 is 1.84 bits per heavy atom. The van der Waals surface area contributed by atoms with Gasteiger partial charge in [0.1, 0.15) is 12.4 Å². The Kier molecular flexibility index (Phi) is 7.57. The van der Waals surface area contributed by atoms with Crippen LogP contribution in [-0.2, 0) is 13.2 Å². The van der Waals surface area contributed by atoms with Crippen LogP contribution in [0.1, 0.15) is 30.4 Å². The number of hydrogen-bond donors (Lipinski definition) is 2. The molecule has 0 bridgehead atoms. The Morgan fingerprint density at radius 1 is 1.10 bits per heavy atom. The van der Waals surface area contributed by atoms with Crippen LogP contribution < -0.4 is 10.5 Å². The zero-order valence-electron chi connectivity index (χ0n) is 17.8. The first-order valence-corrected chi connectivity index (χ1v) is 12.1. The van der Waals surface area contributed by atoms with Gasteiger partial charge in [-0.05, 0) is 61.7 Å². The van der Waals surface area contributed by atoms with E-state index in [1.807, 2.05) is 36.4 Å². The van der Waals surface area contributed by atoms with Crippen molar-refractivity contribution in [3.05, 3.63) is 63.1 Å². The molecule has 2 fully saturated rings. The molecule has 1 atom stereocenters. The molecule has 3 N–H and O–H groups in total. The lowest BCUT2D eigenvalue weighted by Gasteiger charge is -2.40. The van der Waals surface area contributed by atoms with Crippen molar-refractivity contribution in [2.75, 3.05) is 32.7 Å². The fourth-order valence-electron chi connectivity index (χ4n) is 4.50. The molecule has 2 aliphatic rings. The third-order valence-electron chi connectivity index (χ3n) is 6.34. The molecule has 168 valence electrons. The van der Waals surface area contributed by atoms with E-state index in [0.29, 0.717) is 6.61 Å². The van der Waals surface area contributed by atoms with Gasteiger partial charge in [0.05, 0.1) is 5.60 Å². The summed E-state index contributed by atoms with van der Waals surface area (Å²) in [6, 6.07) is 14.2. The molecule has 1 unspecified atom stereocenters. The smallest absolute Gasteiger partial charge is 0.124 e. The molecular formula is C24H31BrClN3O2. The maximum Gasteiger partial charge on any atom is 0.124 e. The summed E-state index contributed by atoms with van der Waals surface area (Å²) in [5, 5.41) is 11.8. The molecule has 0 aliphatic carbocycles. The molecule has 0 spiro atoms. The Hall–Kier alpha value is -1.15.